The Hall–Kier alpha value is -0.486. The van der Waals surface area contributed by atoms with E-state index in [1.807, 2.05) is 0 Å². The van der Waals surface area contributed by atoms with Crippen molar-refractivity contribution in [2.45, 2.75) is 20.8 Å². The first-order valence-corrected chi connectivity index (χ1v) is 2.76. The molecule has 0 saturated heterocycles. The summed E-state index contributed by atoms with van der Waals surface area (Å²) in [6.45, 7) is 3.14. The van der Waals surface area contributed by atoms with Crippen LogP contribution in [0.3, 0.4) is 0 Å². The molecular formula is C6H11CoLiO6. The normalized spacial score (nSPS) is 5.36. The Morgan fingerprint density at radius 2 is 0.929 bits per heavy atom. The van der Waals surface area contributed by atoms with Crippen LogP contribution in [0.15, 0.2) is 0 Å². The van der Waals surface area contributed by atoms with E-state index in [4.69, 9.17) is 29.7 Å². The fraction of sp³-hybridized carbons (Fsp3) is 0.500. The van der Waals surface area contributed by atoms with Crippen molar-refractivity contribution < 1.29 is 65.3 Å². The number of carbonyl (C=O) groups is 3. The van der Waals surface area contributed by atoms with Gasteiger partial charge in [-0.1, -0.05) is 0 Å². The van der Waals surface area contributed by atoms with Crippen molar-refractivity contribution in [3.8, 4) is 0 Å². The molecule has 0 aromatic heterocycles. The van der Waals surface area contributed by atoms with Gasteiger partial charge in [-0.05, 0) is 6.92 Å². The monoisotopic (exact) mass is 245 g/mol. The Balaban J connectivity index is -0.0000000270. The van der Waals surface area contributed by atoms with Crippen LogP contribution in [0.4, 0.5) is 0 Å². The summed E-state index contributed by atoms with van der Waals surface area (Å²) < 4.78 is 0. The van der Waals surface area contributed by atoms with Gasteiger partial charge in [-0.25, -0.2) is 0 Å². The number of carboxylic acid groups (broad SMARTS) is 3. The van der Waals surface area contributed by atoms with Gasteiger partial charge in [0.2, 0.25) is 0 Å². The van der Waals surface area contributed by atoms with Gasteiger partial charge in [0.15, 0.2) is 0 Å². The molecule has 0 saturated carbocycles. The Morgan fingerprint density at radius 1 is 0.929 bits per heavy atom. The molecule has 0 aliphatic heterocycles. The zero-order valence-corrected chi connectivity index (χ0v) is 9.40. The summed E-state index contributed by atoms with van der Waals surface area (Å²) in [4.78, 5) is 26.9. The maximum Gasteiger partial charge on any atom is 1.00 e. The summed E-state index contributed by atoms with van der Waals surface area (Å²) >= 11 is 0. The second-order valence-corrected chi connectivity index (χ2v) is 1.53. The standard InChI is InChI=1S/3C2H4O2.Co.Li/c3*1-2(3)4;;/h3*1H3,(H,3,4);;/q;;;;+1/p-1. The minimum Gasteiger partial charge on any atom is -0.550 e. The molecule has 0 aromatic rings. The molecule has 0 unspecified atom stereocenters. The van der Waals surface area contributed by atoms with E-state index in [1.165, 1.54) is 0 Å². The fourth-order valence-corrected chi connectivity index (χ4v) is 0. The predicted molar refractivity (Wildman–Crippen MR) is 37.3 cm³/mol. The molecule has 0 atom stereocenters. The van der Waals surface area contributed by atoms with Crippen LogP contribution in [0.1, 0.15) is 20.8 Å². The van der Waals surface area contributed by atoms with Crippen molar-refractivity contribution in [3.63, 3.8) is 0 Å². The SMILES string of the molecule is CC(=O)O.CC(=O)O.CC(=O)[O-].[Co].[Li+]. The molecule has 0 aromatic carbocycles. The Kier molecular flexibility index (Phi) is 47.7. The van der Waals surface area contributed by atoms with E-state index in [2.05, 4.69) is 0 Å². The first-order chi connectivity index (χ1) is 5.20. The molecule has 81 valence electrons. The van der Waals surface area contributed by atoms with Crippen LogP contribution in [0.5, 0.6) is 0 Å². The quantitative estimate of drug-likeness (QED) is 0.419. The molecule has 6 nitrogen and oxygen atoms in total. The molecule has 0 rings (SSSR count). The Labute approximate surface area is 104 Å². The van der Waals surface area contributed by atoms with Crippen LogP contribution < -0.4 is 24.0 Å². The van der Waals surface area contributed by atoms with Crippen molar-refractivity contribution in [1.29, 1.82) is 0 Å². The summed E-state index contributed by atoms with van der Waals surface area (Å²) in [6.07, 6.45) is 0. The van der Waals surface area contributed by atoms with Crippen molar-refractivity contribution in [1.82, 2.24) is 0 Å². The van der Waals surface area contributed by atoms with Gasteiger partial charge in [0.1, 0.15) is 0 Å². The van der Waals surface area contributed by atoms with Crippen molar-refractivity contribution in [3.05, 3.63) is 0 Å². The van der Waals surface area contributed by atoms with Gasteiger partial charge in [0, 0.05) is 36.6 Å². The van der Waals surface area contributed by atoms with E-state index < -0.39 is 17.9 Å². The van der Waals surface area contributed by atoms with E-state index in [9.17, 15) is 0 Å². The van der Waals surface area contributed by atoms with Gasteiger partial charge >= 0.3 is 18.9 Å². The number of carboxylic acids is 3. The largest absolute Gasteiger partial charge is 1.00 e. The molecule has 0 bridgehead atoms. The fourth-order valence-electron chi connectivity index (χ4n) is 0. The van der Waals surface area contributed by atoms with Gasteiger partial charge in [0.05, 0.1) is 0 Å². The molecule has 0 aliphatic rings. The average molecular weight is 245 g/mol. The van der Waals surface area contributed by atoms with Gasteiger partial charge < -0.3 is 20.1 Å². The molecular weight excluding hydrogens is 234 g/mol. The van der Waals surface area contributed by atoms with Gasteiger partial charge in [-0.15, -0.1) is 0 Å². The zero-order chi connectivity index (χ0) is 10.7. The first kappa shape index (κ1) is 29.2. The Morgan fingerprint density at radius 3 is 0.929 bits per heavy atom. The van der Waals surface area contributed by atoms with Crippen LogP contribution in [0, 0.1) is 0 Å². The van der Waals surface area contributed by atoms with Crippen molar-refractivity contribution in [2.24, 2.45) is 0 Å². The van der Waals surface area contributed by atoms with Gasteiger partial charge in [-0.3, -0.25) is 9.59 Å². The van der Waals surface area contributed by atoms with E-state index in [0.29, 0.717) is 0 Å². The summed E-state index contributed by atoms with van der Waals surface area (Å²) in [6, 6.07) is 0. The van der Waals surface area contributed by atoms with Crippen LogP contribution in [0.25, 0.3) is 0 Å². The third-order valence-corrected chi connectivity index (χ3v) is 0. The number of hydrogen-bond acceptors (Lipinski definition) is 4. The molecule has 1 radical (unpaired) electrons. The summed E-state index contributed by atoms with van der Waals surface area (Å²) in [7, 11) is 0. The number of rotatable bonds is 0. The van der Waals surface area contributed by atoms with Gasteiger partial charge in [0.25, 0.3) is 11.9 Å². The van der Waals surface area contributed by atoms with E-state index >= 15 is 0 Å². The van der Waals surface area contributed by atoms with E-state index in [0.717, 1.165) is 20.8 Å². The van der Waals surface area contributed by atoms with Crippen LogP contribution in [-0.4, -0.2) is 28.1 Å². The Bertz CT molecular complexity index is 120. The predicted octanol–water partition coefficient (Wildman–Crippen LogP) is -4.06. The molecule has 14 heavy (non-hydrogen) atoms. The third-order valence-electron chi connectivity index (χ3n) is 0. The van der Waals surface area contributed by atoms with Crippen LogP contribution in [-0.2, 0) is 31.2 Å². The smallest absolute Gasteiger partial charge is 0.550 e. The molecule has 0 spiro atoms. The second kappa shape index (κ2) is 22.9. The van der Waals surface area contributed by atoms with E-state index in [-0.39, 0.29) is 35.6 Å². The number of aliphatic carboxylic acids is 3. The number of hydrogen-bond donors (Lipinski definition) is 2. The molecule has 0 fully saturated rings. The summed E-state index contributed by atoms with van der Waals surface area (Å²) in [5.41, 5.74) is 0. The van der Waals surface area contributed by atoms with E-state index in [1.54, 1.807) is 0 Å². The maximum absolute atomic E-state index is 9.00. The first-order valence-electron chi connectivity index (χ1n) is 2.76. The maximum atomic E-state index is 9.00. The molecule has 8 heteroatoms. The molecule has 0 heterocycles. The minimum absolute atomic E-state index is 0. The third kappa shape index (κ3) is 5390. The van der Waals surface area contributed by atoms with Crippen molar-refractivity contribution in [2.75, 3.05) is 0 Å². The molecule has 2 N–H and O–H groups in total. The topological polar surface area (TPSA) is 115 Å². The van der Waals surface area contributed by atoms with Crippen molar-refractivity contribution >= 4 is 17.9 Å². The van der Waals surface area contributed by atoms with Crippen LogP contribution in [0.2, 0.25) is 0 Å². The molecule has 0 amide bonds. The summed E-state index contributed by atoms with van der Waals surface area (Å²) in [5.74, 6) is -2.75. The van der Waals surface area contributed by atoms with Crippen LogP contribution >= 0.6 is 0 Å². The summed E-state index contributed by atoms with van der Waals surface area (Å²) in [5, 5.41) is 23.7. The average Bonchev–Trinajstić information content (AvgIpc) is 1.54. The zero-order valence-electron chi connectivity index (χ0n) is 8.36. The number of carbonyl (C=O) groups excluding carboxylic acids is 1. The van der Waals surface area contributed by atoms with Gasteiger partial charge in [-0.2, -0.15) is 0 Å². The minimum atomic E-state index is -1.08. The molecule has 0 aliphatic carbocycles. The second-order valence-electron chi connectivity index (χ2n) is 1.53.